The van der Waals surface area contributed by atoms with Crippen LogP contribution in [-0.2, 0) is 0 Å². The topological polar surface area (TPSA) is 15.3 Å². The van der Waals surface area contributed by atoms with Gasteiger partial charge in [0, 0.05) is 35.9 Å². The van der Waals surface area contributed by atoms with Gasteiger partial charge in [-0.2, -0.15) is 0 Å². The normalized spacial score (nSPS) is 25.9. The molecule has 1 aromatic carbocycles. The predicted octanol–water partition coefficient (Wildman–Crippen LogP) is 2.84. The number of rotatable bonds is 1. The van der Waals surface area contributed by atoms with Crippen LogP contribution in [0.2, 0.25) is 5.02 Å². The van der Waals surface area contributed by atoms with Gasteiger partial charge in [0.05, 0.1) is 0 Å². The third-order valence-corrected chi connectivity index (χ3v) is 3.49. The van der Waals surface area contributed by atoms with Crippen molar-refractivity contribution < 1.29 is 0 Å². The Labute approximate surface area is 103 Å². The summed E-state index contributed by atoms with van der Waals surface area (Å²) in [7, 11) is 0. The highest BCUT2D eigenvalue weighted by molar-refractivity contribution is 6.31. The number of hydrogen-bond donors (Lipinski definition) is 1. The Morgan fingerprint density at radius 3 is 2.44 bits per heavy atom. The predicted molar refractivity (Wildman–Crippen MR) is 70.5 cm³/mol. The lowest BCUT2D eigenvalue weighted by Crippen LogP contribution is -2.54. The number of halogens is 1. The van der Waals surface area contributed by atoms with Gasteiger partial charge in [-0.05, 0) is 38.5 Å². The Bertz CT molecular complexity index is 368. The Balaban J connectivity index is 2.19. The summed E-state index contributed by atoms with van der Waals surface area (Å²) in [4.78, 5) is 2.40. The lowest BCUT2D eigenvalue weighted by Gasteiger charge is -2.37. The molecule has 1 heterocycles. The van der Waals surface area contributed by atoms with Crippen LogP contribution in [0.3, 0.4) is 0 Å². The van der Waals surface area contributed by atoms with Crippen LogP contribution in [0, 0.1) is 6.92 Å². The van der Waals surface area contributed by atoms with Gasteiger partial charge in [0.1, 0.15) is 0 Å². The molecule has 2 rings (SSSR count). The van der Waals surface area contributed by atoms with E-state index >= 15 is 0 Å². The van der Waals surface area contributed by atoms with Crippen molar-refractivity contribution in [2.45, 2.75) is 32.9 Å². The summed E-state index contributed by atoms with van der Waals surface area (Å²) in [5, 5.41) is 4.39. The molecule has 88 valence electrons. The van der Waals surface area contributed by atoms with Crippen molar-refractivity contribution in [3.63, 3.8) is 0 Å². The molecule has 0 spiro atoms. The second-order valence-electron chi connectivity index (χ2n) is 4.81. The fourth-order valence-electron chi connectivity index (χ4n) is 2.32. The van der Waals surface area contributed by atoms with Crippen molar-refractivity contribution in [1.82, 2.24) is 5.32 Å². The number of aryl methyl sites for hydroxylation is 1. The number of anilines is 1. The van der Waals surface area contributed by atoms with Crippen molar-refractivity contribution >= 4 is 17.3 Å². The summed E-state index contributed by atoms with van der Waals surface area (Å²) in [6.45, 7) is 8.57. The Morgan fingerprint density at radius 2 is 1.88 bits per heavy atom. The monoisotopic (exact) mass is 238 g/mol. The zero-order valence-corrected chi connectivity index (χ0v) is 10.9. The molecule has 2 nitrogen and oxygen atoms in total. The smallest absolute Gasteiger partial charge is 0.0455 e. The van der Waals surface area contributed by atoms with Gasteiger partial charge in [0.25, 0.3) is 0 Å². The molecule has 1 saturated heterocycles. The van der Waals surface area contributed by atoms with Crippen LogP contribution in [-0.4, -0.2) is 25.2 Å². The molecule has 0 saturated carbocycles. The fraction of sp³-hybridized carbons (Fsp3) is 0.538. The maximum absolute atomic E-state index is 6.16. The molecule has 0 amide bonds. The van der Waals surface area contributed by atoms with Crippen LogP contribution in [0.1, 0.15) is 19.4 Å². The van der Waals surface area contributed by atoms with Crippen molar-refractivity contribution in [2.75, 3.05) is 18.0 Å². The van der Waals surface area contributed by atoms with Gasteiger partial charge in [-0.25, -0.2) is 0 Å². The Kier molecular flexibility index (Phi) is 3.41. The van der Waals surface area contributed by atoms with Crippen LogP contribution in [0.25, 0.3) is 0 Å². The third kappa shape index (κ3) is 2.50. The SMILES string of the molecule is Cc1ccc(N2CC(C)NC(C)C2)cc1Cl. The van der Waals surface area contributed by atoms with E-state index in [4.69, 9.17) is 11.6 Å². The number of hydrogen-bond acceptors (Lipinski definition) is 2. The second kappa shape index (κ2) is 4.64. The fourth-order valence-corrected chi connectivity index (χ4v) is 2.49. The summed E-state index contributed by atoms with van der Waals surface area (Å²) in [5.41, 5.74) is 2.37. The molecule has 1 fully saturated rings. The van der Waals surface area contributed by atoms with Crippen LogP contribution in [0.15, 0.2) is 18.2 Å². The molecule has 1 N–H and O–H groups in total. The molecule has 0 bridgehead atoms. The third-order valence-electron chi connectivity index (χ3n) is 3.08. The largest absolute Gasteiger partial charge is 0.368 e. The number of nitrogens with zero attached hydrogens (tertiary/aromatic N) is 1. The van der Waals surface area contributed by atoms with Crippen LogP contribution >= 0.6 is 11.6 Å². The average Bonchev–Trinajstić information content (AvgIpc) is 2.20. The van der Waals surface area contributed by atoms with Gasteiger partial charge in [0.2, 0.25) is 0 Å². The first kappa shape index (κ1) is 11.7. The molecule has 2 atom stereocenters. The molecule has 1 aliphatic rings. The van der Waals surface area contributed by atoms with E-state index in [1.54, 1.807) is 0 Å². The van der Waals surface area contributed by atoms with E-state index in [1.807, 2.05) is 6.92 Å². The molecule has 0 aromatic heterocycles. The average molecular weight is 239 g/mol. The maximum Gasteiger partial charge on any atom is 0.0455 e. The zero-order valence-electron chi connectivity index (χ0n) is 10.1. The first-order valence-corrected chi connectivity index (χ1v) is 6.21. The number of piperazine rings is 1. The van der Waals surface area contributed by atoms with Gasteiger partial charge in [0.15, 0.2) is 0 Å². The minimum absolute atomic E-state index is 0.531. The quantitative estimate of drug-likeness (QED) is 0.810. The maximum atomic E-state index is 6.16. The zero-order chi connectivity index (χ0) is 11.7. The molecule has 0 aliphatic carbocycles. The van der Waals surface area contributed by atoms with E-state index in [1.165, 1.54) is 5.69 Å². The van der Waals surface area contributed by atoms with Crippen LogP contribution in [0.5, 0.6) is 0 Å². The van der Waals surface area contributed by atoms with E-state index in [-0.39, 0.29) is 0 Å². The second-order valence-corrected chi connectivity index (χ2v) is 5.21. The van der Waals surface area contributed by atoms with Crippen LogP contribution < -0.4 is 10.2 Å². The number of benzene rings is 1. The van der Waals surface area contributed by atoms with E-state index < -0.39 is 0 Å². The molecule has 2 unspecified atom stereocenters. The minimum atomic E-state index is 0.531. The Morgan fingerprint density at radius 1 is 1.25 bits per heavy atom. The first-order chi connectivity index (χ1) is 7.56. The minimum Gasteiger partial charge on any atom is -0.368 e. The molecule has 1 aliphatic heterocycles. The Hall–Kier alpha value is -0.730. The van der Waals surface area contributed by atoms with Gasteiger partial charge < -0.3 is 10.2 Å². The molecule has 3 heteroatoms. The lowest BCUT2D eigenvalue weighted by molar-refractivity contribution is 0.407. The van der Waals surface area contributed by atoms with E-state index in [9.17, 15) is 0 Å². The van der Waals surface area contributed by atoms with Crippen molar-refractivity contribution in [3.8, 4) is 0 Å². The first-order valence-electron chi connectivity index (χ1n) is 5.83. The van der Waals surface area contributed by atoms with E-state index in [0.717, 1.165) is 23.7 Å². The van der Waals surface area contributed by atoms with E-state index in [2.05, 4.69) is 42.3 Å². The molecular formula is C13H19ClN2. The molecule has 16 heavy (non-hydrogen) atoms. The lowest BCUT2D eigenvalue weighted by atomic mass is 10.1. The van der Waals surface area contributed by atoms with Gasteiger partial charge >= 0.3 is 0 Å². The van der Waals surface area contributed by atoms with E-state index in [0.29, 0.717) is 12.1 Å². The summed E-state index contributed by atoms with van der Waals surface area (Å²) in [6, 6.07) is 7.38. The standard InChI is InChI=1S/C13H19ClN2/c1-9-4-5-12(6-13(9)14)16-7-10(2)15-11(3)8-16/h4-6,10-11,15H,7-8H2,1-3H3. The highest BCUT2D eigenvalue weighted by Gasteiger charge is 2.21. The highest BCUT2D eigenvalue weighted by atomic mass is 35.5. The summed E-state index contributed by atoms with van der Waals surface area (Å²) in [5.74, 6) is 0. The van der Waals surface area contributed by atoms with Crippen molar-refractivity contribution in [1.29, 1.82) is 0 Å². The molecule has 0 radical (unpaired) electrons. The van der Waals surface area contributed by atoms with Crippen molar-refractivity contribution in [2.24, 2.45) is 0 Å². The highest BCUT2D eigenvalue weighted by Crippen LogP contribution is 2.24. The summed E-state index contributed by atoms with van der Waals surface area (Å²) >= 11 is 6.16. The van der Waals surface area contributed by atoms with Gasteiger partial charge in [-0.1, -0.05) is 17.7 Å². The van der Waals surface area contributed by atoms with Crippen LogP contribution in [0.4, 0.5) is 5.69 Å². The summed E-state index contributed by atoms with van der Waals surface area (Å²) in [6.07, 6.45) is 0. The molecule has 1 aromatic rings. The molecular weight excluding hydrogens is 220 g/mol. The van der Waals surface area contributed by atoms with Gasteiger partial charge in [-0.15, -0.1) is 0 Å². The van der Waals surface area contributed by atoms with Crippen molar-refractivity contribution in [3.05, 3.63) is 28.8 Å². The summed E-state index contributed by atoms with van der Waals surface area (Å²) < 4.78 is 0. The number of nitrogens with one attached hydrogen (secondary N) is 1. The van der Waals surface area contributed by atoms with Gasteiger partial charge in [-0.3, -0.25) is 0 Å².